The second kappa shape index (κ2) is 9.57. The molecule has 0 fully saturated rings. The summed E-state index contributed by atoms with van der Waals surface area (Å²) in [5, 5.41) is 37.3. The van der Waals surface area contributed by atoms with Gasteiger partial charge in [0.1, 0.15) is 30.9 Å². The Labute approximate surface area is 162 Å². The van der Waals surface area contributed by atoms with Crippen LogP contribution < -0.4 is 0 Å². The van der Waals surface area contributed by atoms with Gasteiger partial charge in [-0.1, -0.05) is 20.4 Å². The molecule has 9 heteroatoms. The zero-order valence-electron chi connectivity index (χ0n) is 15.5. The SMILES string of the molecule is C=CC(=O)OCCOC(=O)/C(C#N)=C1/CC(C)(C)CC(N(C#N)C#N)=C1C#N. The van der Waals surface area contributed by atoms with Crippen molar-refractivity contribution in [1.82, 2.24) is 4.90 Å². The average molecular weight is 379 g/mol. The Bertz CT molecular complexity index is 902. The van der Waals surface area contributed by atoms with E-state index in [1.807, 2.05) is 19.9 Å². The summed E-state index contributed by atoms with van der Waals surface area (Å²) >= 11 is 0. The highest BCUT2D eigenvalue weighted by atomic mass is 16.6. The molecule has 0 saturated heterocycles. The first-order valence-corrected chi connectivity index (χ1v) is 8.07. The van der Waals surface area contributed by atoms with Crippen LogP contribution in [0.1, 0.15) is 26.7 Å². The van der Waals surface area contributed by atoms with Gasteiger partial charge in [0.15, 0.2) is 12.4 Å². The van der Waals surface area contributed by atoms with Crippen LogP contribution in [0.5, 0.6) is 0 Å². The molecule has 0 spiro atoms. The normalized spacial score (nSPS) is 16.4. The Hall–Kier alpha value is -4.08. The number of esters is 2. The number of carbonyl (C=O) groups is 2. The van der Waals surface area contributed by atoms with Crippen molar-refractivity contribution in [2.45, 2.75) is 26.7 Å². The lowest BCUT2D eigenvalue weighted by molar-refractivity contribution is -0.146. The van der Waals surface area contributed by atoms with E-state index in [1.165, 1.54) is 0 Å². The van der Waals surface area contributed by atoms with Crippen molar-refractivity contribution in [3.05, 3.63) is 35.1 Å². The maximum absolute atomic E-state index is 12.3. The molecular formula is C19H17N5O4. The van der Waals surface area contributed by atoms with Gasteiger partial charge in [-0.15, -0.1) is 0 Å². The van der Waals surface area contributed by atoms with Gasteiger partial charge < -0.3 is 9.47 Å². The minimum Gasteiger partial charge on any atom is -0.459 e. The van der Waals surface area contributed by atoms with Crippen LogP contribution >= 0.6 is 0 Å². The topological polar surface area (TPSA) is 151 Å². The molecule has 0 aromatic rings. The summed E-state index contributed by atoms with van der Waals surface area (Å²) < 4.78 is 9.63. The first kappa shape index (κ1) is 22.0. The van der Waals surface area contributed by atoms with E-state index in [0.29, 0.717) is 4.90 Å². The quantitative estimate of drug-likeness (QED) is 0.168. The highest BCUT2D eigenvalue weighted by Gasteiger charge is 2.36. The van der Waals surface area contributed by atoms with E-state index >= 15 is 0 Å². The number of ether oxygens (including phenoxy) is 2. The van der Waals surface area contributed by atoms with Crippen molar-refractivity contribution < 1.29 is 19.1 Å². The third-order valence-corrected chi connectivity index (χ3v) is 3.82. The standard InChI is InChI=1S/C19H17N5O4/c1-4-17(25)27-5-6-28-18(26)15(10-21)13-7-19(2,3)8-16(14(13)9-20)24(11-22)12-23/h4H,1,5-8H2,2-3H3/b15-13-. The molecule has 0 amide bonds. The van der Waals surface area contributed by atoms with Crippen LogP contribution in [0.15, 0.2) is 35.1 Å². The summed E-state index contributed by atoms with van der Waals surface area (Å²) in [4.78, 5) is 24.0. The van der Waals surface area contributed by atoms with Gasteiger partial charge in [0, 0.05) is 6.08 Å². The third-order valence-electron chi connectivity index (χ3n) is 3.82. The summed E-state index contributed by atoms with van der Waals surface area (Å²) in [6.07, 6.45) is 4.74. The number of rotatable bonds is 6. The fourth-order valence-corrected chi connectivity index (χ4v) is 2.67. The van der Waals surface area contributed by atoms with E-state index in [1.54, 1.807) is 18.5 Å². The van der Waals surface area contributed by atoms with Gasteiger partial charge in [-0.3, -0.25) is 0 Å². The summed E-state index contributed by atoms with van der Waals surface area (Å²) in [6.45, 7) is 6.36. The lowest BCUT2D eigenvalue weighted by atomic mass is 9.72. The summed E-state index contributed by atoms with van der Waals surface area (Å²) in [7, 11) is 0. The van der Waals surface area contributed by atoms with Crippen LogP contribution in [0.2, 0.25) is 0 Å². The Balaban J connectivity index is 3.30. The minimum atomic E-state index is -0.989. The number of allylic oxidation sites excluding steroid dienone is 3. The maximum atomic E-state index is 12.3. The van der Waals surface area contributed by atoms with Gasteiger partial charge in [-0.05, 0) is 23.8 Å². The van der Waals surface area contributed by atoms with Crippen LogP contribution in [0.25, 0.3) is 0 Å². The van der Waals surface area contributed by atoms with Crippen molar-refractivity contribution in [2.24, 2.45) is 5.41 Å². The third kappa shape index (κ3) is 5.21. The molecule has 1 aliphatic rings. The van der Waals surface area contributed by atoms with E-state index in [2.05, 4.69) is 11.3 Å². The molecule has 0 bridgehead atoms. The van der Waals surface area contributed by atoms with Crippen molar-refractivity contribution in [1.29, 1.82) is 21.0 Å². The van der Waals surface area contributed by atoms with E-state index in [9.17, 15) is 20.1 Å². The van der Waals surface area contributed by atoms with Gasteiger partial charge in [0.25, 0.3) is 0 Å². The molecule has 0 aromatic heterocycles. The molecule has 0 saturated carbocycles. The molecule has 0 N–H and O–H groups in total. The largest absolute Gasteiger partial charge is 0.459 e. The lowest BCUT2D eigenvalue weighted by Crippen LogP contribution is -2.28. The number of nitrogens with zero attached hydrogens (tertiary/aromatic N) is 5. The van der Waals surface area contributed by atoms with E-state index in [4.69, 9.17) is 15.3 Å². The number of hydrogen-bond donors (Lipinski definition) is 0. The maximum Gasteiger partial charge on any atom is 0.349 e. The zero-order chi connectivity index (χ0) is 21.3. The molecule has 0 unspecified atom stereocenters. The van der Waals surface area contributed by atoms with E-state index in [-0.39, 0.29) is 42.9 Å². The second-order valence-electron chi connectivity index (χ2n) is 6.46. The molecule has 9 nitrogen and oxygen atoms in total. The molecule has 28 heavy (non-hydrogen) atoms. The molecule has 0 heterocycles. The number of hydrogen-bond acceptors (Lipinski definition) is 9. The summed E-state index contributed by atoms with van der Waals surface area (Å²) in [6, 6.07) is 3.63. The molecule has 0 aromatic carbocycles. The molecule has 1 rings (SSSR count). The Morgan fingerprint density at radius 3 is 2.25 bits per heavy atom. The van der Waals surface area contributed by atoms with Crippen molar-refractivity contribution in [3.8, 4) is 24.5 Å². The Kier molecular flexibility index (Phi) is 7.51. The highest BCUT2D eigenvalue weighted by molar-refractivity contribution is 5.95. The summed E-state index contributed by atoms with van der Waals surface area (Å²) in [5.74, 6) is -1.67. The van der Waals surface area contributed by atoms with Crippen LogP contribution in [-0.4, -0.2) is 30.1 Å². The van der Waals surface area contributed by atoms with Gasteiger partial charge in [0.2, 0.25) is 0 Å². The van der Waals surface area contributed by atoms with Crippen molar-refractivity contribution in [2.75, 3.05) is 13.2 Å². The van der Waals surface area contributed by atoms with Crippen LogP contribution in [0, 0.1) is 51.0 Å². The smallest absolute Gasteiger partial charge is 0.349 e. The highest BCUT2D eigenvalue weighted by Crippen LogP contribution is 2.43. The van der Waals surface area contributed by atoms with E-state index < -0.39 is 22.9 Å². The van der Waals surface area contributed by atoms with Gasteiger partial charge >= 0.3 is 11.9 Å². The average Bonchev–Trinajstić information content (AvgIpc) is 2.65. The van der Waals surface area contributed by atoms with Crippen LogP contribution in [0.4, 0.5) is 0 Å². The molecular weight excluding hydrogens is 362 g/mol. The van der Waals surface area contributed by atoms with Gasteiger partial charge in [-0.2, -0.15) is 25.9 Å². The number of carbonyl (C=O) groups excluding carboxylic acids is 2. The predicted octanol–water partition coefficient (Wildman–Crippen LogP) is 1.94. The Morgan fingerprint density at radius 1 is 1.14 bits per heavy atom. The van der Waals surface area contributed by atoms with Crippen LogP contribution in [-0.2, 0) is 19.1 Å². The second-order valence-corrected chi connectivity index (χ2v) is 6.46. The predicted molar refractivity (Wildman–Crippen MR) is 93.5 cm³/mol. The first-order valence-electron chi connectivity index (χ1n) is 8.07. The molecule has 0 radical (unpaired) electrons. The minimum absolute atomic E-state index is 0.0750. The van der Waals surface area contributed by atoms with E-state index in [0.717, 1.165) is 6.08 Å². The van der Waals surface area contributed by atoms with Gasteiger partial charge in [-0.25, -0.2) is 9.59 Å². The molecule has 1 aliphatic carbocycles. The summed E-state index contributed by atoms with van der Waals surface area (Å²) in [5.41, 5.74) is -0.750. The molecule has 142 valence electrons. The van der Waals surface area contributed by atoms with Gasteiger partial charge in [0.05, 0.1) is 11.3 Å². The monoisotopic (exact) mass is 379 g/mol. The number of nitriles is 4. The van der Waals surface area contributed by atoms with Crippen molar-refractivity contribution in [3.63, 3.8) is 0 Å². The Morgan fingerprint density at radius 2 is 1.75 bits per heavy atom. The lowest BCUT2D eigenvalue weighted by Gasteiger charge is -2.34. The molecule has 0 aliphatic heterocycles. The fraction of sp³-hybridized carbons (Fsp3) is 0.368. The fourth-order valence-electron chi connectivity index (χ4n) is 2.67. The van der Waals surface area contributed by atoms with Crippen molar-refractivity contribution >= 4 is 11.9 Å². The first-order chi connectivity index (χ1) is 13.2. The van der Waals surface area contributed by atoms with Crippen LogP contribution in [0.3, 0.4) is 0 Å². The molecule has 0 atom stereocenters. The zero-order valence-corrected chi connectivity index (χ0v) is 15.5.